The Labute approximate surface area is 159 Å². The normalized spacial score (nSPS) is 12.0. The molecule has 1 unspecified atom stereocenters. The van der Waals surface area contributed by atoms with E-state index in [0.717, 1.165) is 5.56 Å². The van der Waals surface area contributed by atoms with Gasteiger partial charge in [0.2, 0.25) is 0 Å². The molecule has 0 bridgehead atoms. The van der Waals surface area contributed by atoms with Gasteiger partial charge in [-0.25, -0.2) is 13.8 Å². The minimum absolute atomic E-state index is 0.105. The van der Waals surface area contributed by atoms with Gasteiger partial charge in [0, 0.05) is 22.3 Å². The van der Waals surface area contributed by atoms with Gasteiger partial charge >= 0.3 is 0 Å². The molecule has 0 radical (unpaired) electrons. The minimum atomic E-state index is -0.668. The predicted octanol–water partition coefficient (Wildman–Crippen LogP) is 6.06. The van der Waals surface area contributed by atoms with Crippen LogP contribution in [-0.2, 0) is 0 Å². The molecule has 1 aromatic heterocycles. The predicted molar refractivity (Wildman–Crippen MR) is 99.5 cm³/mol. The lowest BCUT2D eigenvalue weighted by atomic mass is 10.1. The molecular weight excluding hydrogens is 381 g/mol. The lowest BCUT2D eigenvalue weighted by Gasteiger charge is -2.19. The smallest absolute Gasteiger partial charge is 0.166 e. The van der Waals surface area contributed by atoms with E-state index in [9.17, 15) is 8.78 Å². The molecule has 7 heteroatoms. The SMILES string of the molecule is CC(Oc1cc(-c2ccc(F)cc2)cnc1N)c1c(Cl)ccc(F)c1Cl. The van der Waals surface area contributed by atoms with E-state index in [0.29, 0.717) is 11.1 Å². The maximum atomic E-state index is 13.7. The van der Waals surface area contributed by atoms with Crippen molar-refractivity contribution in [3.05, 3.63) is 75.9 Å². The number of ether oxygens (including phenoxy) is 1. The Morgan fingerprint density at radius 1 is 1.04 bits per heavy atom. The Balaban J connectivity index is 1.94. The van der Waals surface area contributed by atoms with Gasteiger partial charge in [-0.3, -0.25) is 0 Å². The minimum Gasteiger partial charge on any atom is -0.482 e. The van der Waals surface area contributed by atoms with Crippen molar-refractivity contribution in [2.24, 2.45) is 0 Å². The van der Waals surface area contributed by atoms with Crippen LogP contribution in [-0.4, -0.2) is 4.98 Å². The van der Waals surface area contributed by atoms with Crippen molar-refractivity contribution >= 4 is 29.0 Å². The third kappa shape index (κ3) is 3.74. The zero-order chi connectivity index (χ0) is 18.8. The topological polar surface area (TPSA) is 48.1 Å². The average Bonchev–Trinajstić information content (AvgIpc) is 2.61. The molecule has 0 spiro atoms. The monoisotopic (exact) mass is 394 g/mol. The van der Waals surface area contributed by atoms with Crippen LogP contribution in [0.3, 0.4) is 0 Å². The Kier molecular flexibility index (Phi) is 5.30. The number of rotatable bonds is 4. The zero-order valence-electron chi connectivity index (χ0n) is 13.6. The van der Waals surface area contributed by atoms with Crippen LogP contribution in [0, 0.1) is 11.6 Å². The Bertz CT molecular complexity index is 949. The molecule has 3 nitrogen and oxygen atoms in total. The van der Waals surface area contributed by atoms with Crippen molar-refractivity contribution in [1.29, 1.82) is 0 Å². The number of halogens is 4. The summed E-state index contributed by atoms with van der Waals surface area (Å²) in [6, 6.07) is 10.2. The summed E-state index contributed by atoms with van der Waals surface area (Å²) < 4.78 is 32.7. The van der Waals surface area contributed by atoms with Crippen LogP contribution in [0.2, 0.25) is 10.0 Å². The van der Waals surface area contributed by atoms with E-state index < -0.39 is 11.9 Å². The van der Waals surface area contributed by atoms with E-state index in [1.807, 2.05) is 0 Å². The summed E-state index contributed by atoms with van der Waals surface area (Å²) in [5.41, 5.74) is 7.65. The number of anilines is 1. The molecule has 0 saturated heterocycles. The van der Waals surface area contributed by atoms with Gasteiger partial charge in [-0.1, -0.05) is 35.3 Å². The summed E-state index contributed by atoms with van der Waals surface area (Å²) >= 11 is 12.2. The second-order valence-electron chi connectivity index (χ2n) is 5.63. The molecule has 0 aliphatic heterocycles. The van der Waals surface area contributed by atoms with E-state index in [-0.39, 0.29) is 27.4 Å². The van der Waals surface area contributed by atoms with Gasteiger partial charge in [-0.15, -0.1) is 0 Å². The Hall–Kier alpha value is -2.37. The molecule has 134 valence electrons. The average molecular weight is 395 g/mol. The molecule has 26 heavy (non-hydrogen) atoms. The largest absolute Gasteiger partial charge is 0.482 e. The van der Waals surface area contributed by atoms with Gasteiger partial charge in [0.15, 0.2) is 11.6 Å². The van der Waals surface area contributed by atoms with E-state index in [4.69, 9.17) is 33.7 Å². The van der Waals surface area contributed by atoms with Crippen LogP contribution >= 0.6 is 23.2 Å². The maximum absolute atomic E-state index is 13.7. The van der Waals surface area contributed by atoms with Crippen molar-refractivity contribution in [3.63, 3.8) is 0 Å². The zero-order valence-corrected chi connectivity index (χ0v) is 15.2. The second kappa shape index (κ2) is 7.48. The van der Waals surface area contributed by atoms with Gasteiger partial charge in [0.25, 0.3) is 0 Å². The Morgan fingerprint density at radius 2 is 1.73 bits per heavy atom. The fraction of sp³-hybridized carbons (Fsp3) is 0.105. The molecule has 1 heterocycles. The highest BCUT2D eigenvalue weighted by atomic mass is 35.5. The lowest BCUT2D eigenvalue weighted by molar-refractivity contribution is 0.227. The van der Waals surface area contributed by atoms with Crippen LogP contribution < -0.4 is 10.5 Å². The van der Waals surface area contributed by atoms with Gasteiger partial charge < -0.3 is 10.5 Å². The highest BCUT2D eigenvalue weighted by Gasteiger charge is 2.20. The Morgan fingerprint density at radius 3 is 2.42 bits per heavy atom. The highest BCUT2D eigenvalue weighted by Crippen LogP contribution is 2.36. The van der Waals surface area contributed by atoms with Crippen LogP contribution in [0.5, 0.6) is 5.75 Å². The molecule has 0 amide bonds. The number of hydrogen-bond donors (Lipinski definition) is 1. The van der Waals surface area contributed by atoms with Gasteiger partial charge in [0.1, 0.15) is 17.7 Å². The van der Waals surface area contributed by atoms with Crippen LogP contribution in [0.15, 0.2) is 48.7 Å². The molecule has 1 atom stereocenters. The number of hydrogen-bond acceptors (Lipinski definition) is 3. The summed E-state index contributed by atoms with van der Waals surface area (Å²) in [7, 11) is 0. The van der Waals surface area contributed by atoms with Crippen molar-refractivity contribution < 1.29 is 13.5 Å². The number of nitrogen functional groups attached to an aromatic ring is 1. The number of benzene rings is 2. The van der Waals surface area contributed by atoms with E-state index in [1.165, 1.54) is 24.3 Å². The molecular formula is C19H14Cl2F2N2O. The van der Waals surface area contributed by atoms with Crippen molar-refractivity contribution in [2.75, 3.05) is 5.73 Å². The maximum Gasteiger partial charge on any atom is 0.166 e. The van der Waals surface area contributed by atoms with Gasteiger partial charge in [-0.2, -0.15) is 0 Å². The molecule has 2 N–H and O–H groups in total. The fourth-order valence-electron chi connectivity index (χ4n) is 2.51. The first-order chi connectivity index (χ1) is 12.4. The van der Waals surface area contributed by atoms with Crippen molar-refractivity contribution in [2.45, 2.75) is 13.0 Å². The number of pyridine rings is 1. The standard InChI is InChI=1S/C19H14Cl2F2N2O/c1-10(17-14(20)6-7-15(23)18(17)21)26-16-8-12(9-25-19(16)24)11-2-4-13(22)5-3-11/h2-10H,1H3,(H2,24,25). The number of nitrogens with zero attached hydrogens (tertiary/aromatic N) is 1. The first-order valence-electron chi connectivity index (χ1n) is 7.68. The molecule has 0 saturated carbocycles. The van der Waals surface area contributed by atoms with Crippen LogP contribution in [0.4, 0.5) is 14.6 Å². The van der Waals surface area contributed by atoms with Crippen LogP contribution in [0.25, 0.3) is 11.1 Å². The quantitative estimate of drug-likeness (QED) is 0.547. The van der Waals surface area contributed by atoms with Crippen LogP contribution in [0.1, 0.15) is 18.6 Å². The van der Waals surface area contributed by atoms with Gasteiger partial charge in [-0.05, 0) is 42.8 Å². The fourth-order valence-corrected chi connectivity index (χ4v) is 3.19. The molecule has 0 aliphatic rings. The van der Waals surface area contributed by atoms with Gasteiger partial charge in [0.05, 0.1) is 5.02 Å². The lowest BCUT2D eigenvalue weighted by Crippen LogP contribution is -2.08. The third-order valence-corrected chi connectivity index (χ3v) is 4.56. The van der Waals surface area contributed by atoms with Crippen molar-refractivity contribution in [3.8, 4) is 16.9 Å². The first-order valence-corrected chi connectivity index (χ1v) is 8.44. The molecule has 3 aromatic rings. The summed E-state index contributed by atoms with van der Waals surface area (Å²) in [5.74, 6) is -0.479. The highest BCUT2D eigenvalue weighted by molar-refractivity contribution is 6.36. The molecule has 2 aromatic carbocycles. The van der Waals surface area contributed by atoms with E-state index in [1.54, 1.807) is 31.3 Å². The number of nitrogens with two attached hydrogens (primary N) is 1. The molecule has 0 fully saturated rings. The second-order valence-corrected chi connectivity index (χ2v) is 6.42. The summed E-state index contributed by atoms with van der Waals surface area (Å²) in [4.78, 5) is 4.11. The third-order valence-electron chi connectivity index (χ3n) is 3.85. The summed E-state index contributed by atoms with van der Waals surface area (Å²) in [6.07, 6.45) is 0.890. The van der Waals surface area contributed by atoms with E-state index >= 15 is 0 Å². The summed E-state index contributed by atoms with van der Waals surface area (Å²) in [6.45, 7) is 1.68. The number of aromatic nitrogens is 1. The first kappa shape index (κ1) is 18.4. The molecule has 0 aliphatic carbocycles. The van der Waals surface area contributed by atoms with Crippen molar-refractivity contribution in [1.82, 2.24) is 4.98 Å². The van der Waals surface area contributed by atoms with E-state index in [2.05, 4.69) is 4.98 Å². The molecule has 3 rings (SSSR count). The summed E-state index contributed by atoms with van der Waals surface area (Å²) in [5, 5.41) is 0.177.